The number of hydrogen-bond acceptors (Lipinski definition) is 7. The van der Waals surface area contributed by atoms with Crippen molar-refractivity contribution in [1.82, 2.24) is 29.6 Å². The molecule has 3 aromatic heterocycles. The van der Waals surface area contributed by atoms with Crippen LogP contribution >= 0.6 is 0 Å². The molecule has 246 valence electrons. The molecule has 5 aromatic rings. The Morgan fingerprint density at radius 2 is 1.72 bits per heavy atom. The smallest absolute Gasteiger partial charge is 0.258 e. The highest BCUT2D eigenvalue weighted by atomic mass is 32.2. The second-order valence-corrected chi connectivity index (χ2v) is 20.8. The largest absolute Gasteiger partial charge is 0.380 e. The van der Waals surface area contributed by atoms with Crippen molar-refractivity contribution in [2.45, 2.75) is 75.1 Å². The van der Waals surface area contributed by atoms with Gasteiger partial charge >= 0.3 is 0 Å². The molecule has 11 heteroatoms. The first kappa shape index (κ1) is 33.2. The van der Waals surface area contributed by atoms with Crippen LogP contribution in [0, 0.1) is 0 Å². The molecular formula is C36H44N6O3SSi. The predicted octanol–water partition coefficient (Wildman–Crippen LogP) is 6.81. The first-order chi connectivity index (χ1) is 22.7. The second-order valence-electron chi connectivity index (χ2n) is 13.5. The van der Waals surface area contributed by atoms with E-state index >= 15 is 0 Å². The monoisotopic (exact) mass is 668 g/mol. The summed E-state index contributed by atoms with van der Waals surface area (Å²) >= 11 is 0. The van der Waals surface area contributed by atoms with Gasteiger partial charge in [0.2, 0.25) is 0 Å². The molecule has 0 amide bonds. The standard InChI is InChI=1S/C36H44N6O3SSi/c1-47(2,3)23-22-45-26-33(36-40-30-12-4-5-13-31(30)41-36)42(32-14-8-10-29-11-9-21-38-35(29)32)25-28-18-16-27(17-19-28)24-39-46(43,44)34-15-6-7-20-37-34/h4-7,9,11-13,15-21,32-33,39H,8,10,14,22-26H2,1-3H3,(H,40,41). The maximum Gasteiger partial charge on any atom is 0.258 e. The van der Waals surface area contributed by atoms with Crippen LogP contribution in [-0.2, 0) is 34.3 Å². The van der Waals surface area contributed by atoms with Crippen LogP contribution in [0.3, 0.4) is 0 Å². The van der Waals surface area contributed by atoms with Crippen LogP contribution in [0.4, 0.5) is 0 Å². The van der Waals surface area contributed by atoms with Crippen molar-refractivity contribution in [3.63, 3.8) is 0 Å². The molecule has 2 aromatic carbocycles. The van der Waals surface area contributed by atoms with Crippen LogP contribution in [0.15, 0.2) is 96.3 Å². The van der Waals surface area contributed by atoms with Crippen molar-refractivity contribution < 1.29 is 13.2 Å². The highest BCUT2D eigenvalue weighted by Crippen LogP contribution is 2.39. The van der Waals surface area contributed by atoms with Crippen molar-refractivity contribution >= 4 is 29.1 Å². The summed E-state index contributed by atoms with van der Waals surface area (Å²) in [5, 5.41) is 0.0114. The number of aromatic amines is 1. The number of rotatable bonds is 14. The summed E-state index contributed by atoms with van der Waals surface area (Å²) in [4.78, 5) is 20.1. The molecule has 2 N–H and O–H groups in total. The third-order valence-electron chi connectivity index (χ3n) is 8.73. The number of aryl methyl sites for hydroxylation is 1. The molecule has 9 nitrogen and oxygen atoms in total. The third-order valence-corrected chi connectivity index (χ3v) is 11.7. The van der Waals surface area contributed by atoms with Crippen LogP contribution in [0.5, 0.6) is 0 Å². The average molecular weight is 669 g/mol. The lowest BCUT2D eigenvalue weighted by atomic mass is 9.89. The Labute approximate surface area is 278 Å². The first-order valence-corrected chi connectivity index (χ1v) is 21.6. The maximum absolute atomic E-state index is 12.7. The zero-order valence-electron chi connectivity index (χ0n) is 27.4. The fourth-order valence-electron chi connectivity index (χ4n) is 6.11. The number of benzene rings is 2. The predicted molar refractivity (Wildman–Crippen MR) is 188 cm³/mol. The molecule has 0 saturated heterocycles. The molecule has 2 unspecified atom stereocenters. The van der Waals surface area contributed by atoms with E-state index in [1.165, 1.54) is 17.8 Å². The van der Waals surface area contributed by atoms with E-state index in [2.05, 4.69) is 63.5 Å². The Balaban J connectivity index is 1.29. The number of ether oxygens (including phenoxy) is 1. The molecule has 47 heavy (non-hydrogen) atoms. The molecule has 0 aliphatic heterocycles. The van der Waals surface area contributed by atoms with Gasteiger partial charge in [0.05, 0.1) is 35.4 Å². The van der Waals surface area contributed by atoms with Crippen molar-refractivity contribution in [2.75, 3.05) is 13.2 Å². The van der Waals surface area contributed by atoms with Gasteiger partial charge in [0, 0.05) is 40.2 Å². The van der Waals surface area contributed by atoms with Crippen LogP contribution in [-0.4, -0.2) is 54.5 Å². The van der Waals surface area contributed by atoms with Crippen LogP contribution < -0.4 is 4.72 Å². The number of H-pyrrole nitrogens is 1. The van der Waals surface area contributed by atoms with Gasteiger partial charge in [-0.05, 0) is 72.3 Å². The Morgan fingerprint density at radius 3 is 2.49 bits per heavy atom. The molecule has 1 aliphatic carbocycles. The van der Waals surface area contributed by atoms with Gasteiger partial charge in [0.1, 0.15) is 5.82 Å². The van der Waals surface area contributed by atoms with Crippen LogP contribution in [0.25, 0.3) is 11.0 Å². The SMILES string of the molecule is C[Si](C)(C)CCOCC(c1nc2ccccc2[nH]1)N(Cc1ccc(CNS(=O)(=O)c2ccccn2)cc1)C1CCCc2cccnc21. The summed E-state index contributed by atoms with van der Waals surface area (Å²) < 4.78 is 34.6. The molecule has 0 spiro atoms. The minimum Gasteiger partial charge on any atom is -0.380 e. The molecule has 0 saturated carbocycles. The lowest BCUT2D eigenvalue weighted by Gasteiger charge is -2.39. The van der Waals surface area contributed by atoms with Gasteiger partial charge in [-0.25, -0.2) is 23.1 Å². The summed E-state index contributed by atoms with van der Waals surface area (Å²) in [5.74, 6) is 0.891. The summed E-state index contributed by atoms with van der Waals surface area (Å²) in [6.45, 7) is 9.18. The van der Waals surface area contributed by atoms with Crippen molar-refractivity contribution in [3.8, 4) is 0 Å². The molecule has 6 rings (SSSR count). The number of para-hydroxylation sites is 2. The quantitative estimate of drug-likeness (QED) is 0.0988. The number of pyridine rings is 2. The Hall–Kier alpha value is -3.74. The fraction of sp³-hybridized carbons (Fsp3) is 0.361. The van der Waals surface area contributed by atoms with E-state index in [0.29, 0.717) is 13.2 Å². The summed E-state index contributed by atoms with van der Waals surface area (Å²) in [5.41, 5.74) is 6.36. The highest BCUT2D eigenvalue weighted by molar-refractivity contribution is 7.89. The van der Waals surface area contributed by atoms with Gasteiger partial charge < -0.3 is 9.72 Å². The number of sulfonamides is 1. The summed E-state index contributed by atoms with van der Waals surface area (Å²) in [6, 6.07) is 26.4. The molecule has 1 aliphatic rings. The lowest BCUT2D eigenvalue weighted by molar-refractivity contribution is 0.0257. The van der Waals surface area contributed by atoms with E-state index < -0.39 is 18.1 Å². The normalized spacial score (nSPS) is 16.0. The van der Waals surface area contributed by atoms with Gasteiger partial charge in [0.15, 0.2) is 5.03 Å². The third kappa shape index (κ3) is 8.41. The van der Waals surface area contributed by atoms with E-state index in [1.54, 1.807) is 12.1 Å². The van der Waals surface area contributed by atoms with Gasteiger partial charge in [-0.2, -0.15) is 0 Å². The van der Waals surface area contributed by atoms with E-state index in [4.69, 9.17) is 14.7 Å². The van der Waals surface area contributed by atoms with Gasteiger partial charge in [-0.1, -0.05) is 68.2 Å². The van der Waals surface area contributed by atoms with Crippen molar-refractivity contribution in [2.24, 2.45) is 0 Å². The van der Waals surface area contributed by atoms with E-state index in [1.807, 2.05) is 42.6 Å². The number of nitrogens with zero attached hydrogens (tertiary/aromatic N) is 4. The minimum atomic E-state index is -3.70. The van der Waals surface area contributed by atoms with E-state index in [9.17, 15) is 8.42 Å². The van der Waals surface area contributed by atoms with Gasteiger partial charge in [-0.15, -0.1) is 0 Å². The summed E-state index contributed by atoms with van der Waals surface area (Å²) in [6.07, 6.45) is 6.47. The van der Waals surface area contributed by atoms with Crippen molar-refractivity contribution in [3.05, 3.63) is 119 Å². The molecular weight excluding hydrogens is 625 g/mol. The number of hydrogen-bond donors (Lipinski definition) is 2. The number of fused-ring (bicyclic) bond motifs is 2. The molecule has 2 atom stereocenters. The second kappa shape index (κ2) is 14.6. The van der Waals surface area contributed by atoms with Crippen molar-refractivity contribution in [1.29, 1.82) is 0 Å². The van der Waals surface area contributed by atoms with Gasteiger partial charge in [-0.3, -0.25) is 9.88 Å². The number of nitrogens with one attached hydrogen (secondary N) is 2. The molecule has 0 fully saturated rings. The Morgan fingerprint density at radius 1 is 0.957 bits per heavy atom. The Bertz CT molecular complexity index is 1840. The van der Waals surface area contributed by atoms with Gasteiger partial charge in [0.25, 0.3) is 10.0 Å². The van der Waals surface area contributed by atoms with E-state index in [-0.39, 0.29) is 23.7 Å². The number of aromatic nitrogens is 4. The lowest BCUT2D eigenvalue weighted by Crippen LogP contribution is -2.38. The zero-order valence-corrected chi connectivity index (χ0v) is 29.2. The Kier molecular flexibility index (Phi) is 10.3. The topological polar surface area (TPSA) is 113 Å². The summed E-state index contributed by atoms with van der Waals surface area (Å²) in [7, 11) is -4.97. The van der Waals surface area contributed by atoms with E-state index in [0.717, 1.165) is 65.6 Å². The molecule has 0 bridgehead atoms. The molecule has 3 heterocycles. The highest BCUT2D eigenvalue weighted by Gasteiger charge is 2.34. The van der Waals surface area contributed by atoms with Crippen LogP contribution in [0.2, 0.25) is 25.7 Å². The van der Waals surface area contributed by atoms with Crippen LogP contribution in [0.1, 0.15) is 53.1 Å². The maximum atomic E-state index is 12.7. The molecule has 0 radical (unpaired) electrons. The fourth-order valence-corrected chi connectivity index (χ4v) is 7.83. The minimum absolute atomic E-state index is 0.0114. The average Bonchev–Trinajstić information content (AvgIpc) is 3.51. The zero-order chi connectivity index (χ0) is 32.9. The number of imidazole rings is 1. The first-order valence-electron chi connectivity index (χ1n) is 16.4.